The van der Waals surface area contributed by atoms with Crippen LogP contribution in [-0.4, -0.2) is 20.4 Å². The number of thiazole rings is 1. The van der Waals surface area contributed by atoms with Gasteiger partial charge in [-0.05, 0) is 32.2 Å². The van der Waals surface area contributed by atoms with Gasteiger partial charge < -0.3 is 11.1 Å². The van der Waals surface area contributed by atoms with Gasteiger partial charge in [-0.15, -0.1) is 11.3 Å². The average Bonchev–Trinajstić information content (AvgIpc) is 2.82. The summed E-state index contributed by atoms with van der Waals surface area (Å²) >= 11 is 1.59. The van der Waals surface area contributed by atoms with E-state index in [1.807, 2.05) is 12.3 Å². The Morgan fingerprint density at radius 1 is 1.40 bits per heavy atom. The maximum Gasteiger partial charge on any atom is 0.242 e. The summed E-state index contributed by atoms with van der Waals surface area (Å²) in [4.78, 5) is 4.42. The van der Waals surface area contributed by atoms with Crippen LogP contribution in [0.15, 0.2) is 28.5 Å². The Labute approximate surface area is 122 Å². The predicted molar refractivity (Wildman–Crippen MR) is 81.3 cm³/mol. The van der Waals surface area contributed by atoms with Gasteiger partial charge in [-0.3, -0.25) is 0 Å². The molecule has 8 heteroatoms. The Balaban J connectivity index is 2.13. The second kappa shape index (κ2) is 5.78. The molecule has 4 N–H and O–H groups in total. The Morgan fingerprint density at radius 3 is 2.70 bits per heavy atom. The van der Waals surface area contributed by atoms with Crippen LogP contribution < -0.4 is 15.8 Å². The van der Waals surface area contributed by atoms with Gasteiger partial charge in [0, 0.05) is 11.1 Å². The van der Waals surface area contributed by atoms with E-state index in [4.69, 9.17) is 5.73 Å². The molecule has 108 valence electrons. The third kappa shape index (κ3) is 3.27. The third-order valence-corrected chi connectivity index (χ3v) is 5.02. The van der Waals surface area contributed by atoms with Crippen LogP contribution in [0.1, 0.15) is 10.7 Å². The Hall–Kier alpha value is -1.64. The van der Waals surface area contributed by atoms with Crippen LogP contribution in [0.5, 0.6) is 0 Å². The van der Waals surface area contributed by atoms with Crippen LogP contribution in [0.3, 0.4) is 0 Å². The summed E-state index contributed by atoms with van der Waals surface area (Å²) in [7, 11) is -2.17. The Kier molecular flexibility index (Phi) is 4.26. The average molecular weight is 312 g/mol. The molecule has 0 aliphatic carbocycles. The molecule has 0 saturated carbocycles. The summed E-state index contributed by atoms with van der Waals surface area (Å²) in [6.45, 7) is 2.52. The van der Waals surface area contributed by atoms with Crippen molar-refractivity contribution in [1.82, 2.24) is 9.71 Å². The van der Waals surface area contributed by atoms with E-state index in [1.54, 1.807) is 23.5 Å². The molecule has 0 amide bonds. The summed E-state index contributed by atoms with van der Waals surface area (Å²) in [6, 6.07) is 4.76. The van der Waals surface area contributed by atoms with Crippen molar-refractivity contribution >= 4 is 32.7 Å². The van der Waals surface area contributed by atoms with Crippen LogP contribution in [-0.2, 0) is 16.6 Å². The zero-order valence-corrected chi connectivity index (χ0v) is 12.8. The molecule has 1 aromatic heterocycles. The van der Waals surface area contributed by atoms with Crippen molar-refractivity contribution in [1.29, 1.82) is 0 Å². The summed E-state index contributed by atoms with van der Waals surface area (Å²) in [5.41, 5.74) is 7.69. The lowest BCUT2D eigenvalue weighted by atomic mass is 10.3. The lowest BCUT2D eigenvalue weighted by Gasteiger charge is -2.09. The van der Waals surface area contributed by atoms with Crippen molar-refractivity contribution < 1.29 is 8.42 Å². The van der Waals surface area contributed by atoms with Gasteiger partial charge in [0.05, 0.1) is 22.9 Å². The summed E-state index contributed by atoms with van der Waals surface area (Å²) < 4.78 is 25.6. The lowest BCUT2D eigenvalue weighted by Crippen LogP contribution is -2.20. The van der Waals surface area contributed by atoms with E-state index in [-0.39, 0.29) is 10.6 Å². The number of benzene rings is 1. The molecule has 0 saturated heterocycles. The zero-order valence-electron chi connectivity index (χ0n) is 11.2. The largest absolute Gasteiger partial charge is 0.398 e. The molecular weight excluding hydrogens is 296 g/mol. The molecule has 0 aliphatic rings. The van der Waals surface area contributed by atoms with E-state index in [0.29, 0.717) is 6.54 Å². The fourth-order valence-electron chi connectivity index (χ4n) is 1.70. The van der Waals surface area contributed by atoms with Gasteiger partial charge in [-0.2, -0.15) is 0 Å². The first kappa shape index (κ1) is 14.8. The molecule has 0 radical (unpaired) electrons. The first-order chi connectivity index (χ1) is 9.42. The molecule has 0 fully saturated rings. The number of nitrogens with zero attached hydrogens (tertiary/aromatic N) is 1. The number of anilines is 2. The van der Waals surface area contributed by atoms with Crippen LogP contribution in [0.25, 0.3) is 0 Å². The number of rotatable bonds is 5. The second-order valence-electron chi connectivity index (χ2n) is 4.17. The molecular formula is C12H16N4O2S2. The number of aromatic nitrogens is 1. The van der Waals surface area contributed by atoms with Gasteiger partial charge in [-0.1, -0.05) is 0 Å². The van der Waals surface area contributed by atoms with E-state index < -0.39 is 10.0 Å². The highest BCUT2D eigenvalue weighted by molar-refractivity contribution is 7.89. The maximum atomic E-state index is 11.7. The molecule has 1 aromatic carbocycles. The number of aryl methyl sites for hydroxylation is 1. The highest BCUT2D eigenvalue weighted by atomic mass is 32.2. The Bertz CT molecular complexity index is 710. The molecule has 0 spiro atoms. The minimum Gasteiger partial charge on any atom is -0.398 e. The molecule has 2 aromatic rings. The summed E-state index contributed by atoms with van der Waals surface area (Å²) in [6.07, 6.45) is 0. The van der Waals surface area contributed by atoms with Gasteiger partial charge in [0.25, 0.3) is 0 Å². The van der Waals surface area contributed by atoms with E-state index in [9.17, 15) is 8.42 Å². The molecule has 0 bridgehead atoms. The minimum atomic E-state index is -3.52. The first-order valence-electron chi connectivity index (χ1n) is 5.90. The molecule has 0 atom stereocenters. The summed E-state index contributed by atoms with van der Waals surface area (Å²) in [5.74, 6) is 0. The van der Waals surface area contributed by atoms with Crippen LogP contribution in [0.2, 0.25) is 0 Å². The van der Waals surface area contributed by atoms with E-state index in [0.717, 1.165) is 16.4 Å². The lowest BCUT2D eigenvalue weighted by molar-refractivity contribution is 0.588. The number of nitrogens with two attached hydrogens (primary N) is 1. The standard InChI is InChI=1S/C12H16N4O2S2/c1-8-16-10(7-19-8)6-15-9-3-4-12(11(13)5-9)20(17,18)14-2/h3-5,7,14-15H,6,13H2,1-2H3. The number of sulfonamides is 1. The van der Waals surface area contributed by atoms with Crippen molar-refractivity contribution in [3.63, 3.8) is 0 Å². The number of hydrogen-bond acceptors (Lipinski definition) is 6. The number of hydrogen-bond donors (Lipinski definition) is 3. The number of nitrogens with one attached hydrogen (secondary N) is 2. The van der Waals surface area contributed by atoms with Crippen molar-refractivity contribution in [3.8, 4) is 0 Å². The van der Waals surface area contributed by atoms with Crippen molar-refractivity contribution in [2.24, 2.45) is 0 Å². The normalized spacial score (nSPS) is 11.5. The van der Waals surface area contributed by atoms with E-state index >= 15 is 0 Å². The fraction of sp³-hybridized carbons (Fsp3) is 0.250. The monoisotopic (exact) mass is 312 g/mol. The van der Waals surface area contributed by atoms with Gasteiger partial charge in [0.15, 0.2) is 0 Å². The van der Waals surface area contributed by atoms with Crippen LogP contribution >= 0.6 is 11.3 Å². The van der Waals surface area contributed by atoms with Gasteiger partial charge >= 0.3 is 0 Å². The molecule has 1 heterocycles. The highest BCUT2D eigenvalue weighted by Gasteiger charge is 2.15. The van der Waals surface area contributed by atoms with Gasteiger partial charge in [0.2, 0.25) is 10.0 Å². The number of nitrogen functional groups attached to an aromatic ring is 1. The van der Waals surface area contributed by atoms with Crippen molar-refractivity contribution in [2.45, 2.75) is 18.4 Å². The molecule has 20 heavy (non-hydrogen) atoms. The third-order valence-electron chi connectivity index (χ3n) is 2.71. The maximum absolute atomic E-state index is 11.7. The zero-order chi connectivity index (χ0) is 14.8. The van der Waals surface area contributed by atoms with Crippen molar-refractivity contribution in [2.75, 3.05) is 18.1 Å². The highest BCUT2D eigenvalue weighted by Crippen LogP contribution is 2.22. The summed E-state index contributed by atoms with van der Waals surface area (Å²) in [5, 5.41) is 6.15. The SMILES string of the molecule is CNS(=O)(=O)c1ccc(NCc2csc(C)n2)cc1N. The topological polar surface area (TPSA) is 97.1 Å². The Morgan fingerprint density at radius 2 is 2.15 bits per heavy atom. The van der Waals surface area contributed by atoms with Gasteiger partial charge in [0.1, 0.15) is 4.90 Å². The first-order valence-corrected chi connectivity index (χ1v) is 8.26. The molecule has 6 nitrogen and oxygen atoms in total. The second-order valence-corrected chi connectivity index (χ2v) is 7.09. The quantitative estimate of drug-likeness (QED) is 0.728. The van der Waals surface area contributed by atoms with Crippen molar-refractivity contribution in [3.05, 3.63) is 34.3 Å². The van der Waals surface area contributed by atoms with Crippen LogP contribution in [0, 0.1) is 6.92 Å². The van der Waals surface area contributed by atoms with Crippen LogP contribution in [0.4, 0.5) is 11.4 Å². The van der Waals surface area contributed by atoms with E-state index in [1.165, 1.54) is 13.1 Å². The van der Waals surface area contributed by atoms with Gasteiger partial charge in [-0.25, -0.2) is 18.1 Å². The van der Waals surface area contributed by atoms with E-state index in [2.05, 4.69) is 15.0 Å². The molecule has 0 unspecified atom stereocenters. The molecule has 2 rings (SSSR count). The predicted octanol–water partition coefficient (Wildman–Crippen LogP) is 1.55. The molecule has 0 aliphatic heterocycles. The smallest absolute Gasteiger partial charge is 0.242 e. The minimum absolute atomic E-state index is 0.0788. The fourth-order valence-corrected chi connectivity index (χ4v) is 3.14.